The van der Waals surface area contributed by atoms with Crippen molar-refractivity contribution in [3.05, 3.63) is 62.4 Å². The lowest BCUT2D eigenvalue weighted by Crippen LogP contribution is -2.22. The Kier molecular flexibility index (Phi) is 5.46. The van der Waals surface area contributed by atoms with Gasteiger partial charge in [-0.2, -0.15) is 4.99 Å². The van der Waals surface area contributed by atoms with Crippen molar-refractivity contribution in [3.63, 3.8) is 0 Å². The van der Waals surface area contributed by atoms with Crippen molar-refractivity contribution in [2.24, 2.45) is 4.99 Å². The van der Waals surface area contributed by atoms with E-state index in [1.165, 1.54) is 18.4 Å². The fourth-order valence-corrected chi connectivity index (χ4v) is 3.89. The van der Waals surface area contributed by atoms with Crippen molar-refractivity contribution in [2.45, 2.75) is 13.5 Å². The summed E-state index contributed by atoms with van der Waals surface area (Å²) in [5.74, 6) is -0.887. The molecule has 0 aliphatic carbocycles. The van der Waals surface area contributed by atoms with Gasteiger partial charge in [-0.15, -0.1) is 0 Å². The third-order valence-electron chi connectivity index (χ3n) is 3.74. The second kappa shape index (κ2) is 7.61. The second-order valence-electron chi connectivity index (χ2n) is 5.54. The quantitative estimate of drug-likeness (QED) is 0.609. The van der Waals surface area contributed by atoms with Gasteiger partial charge in [0.25, 0.3) is 5.91 Å². The van der Waals surface area contributed by atoms with Gasteiger partial charge in [-0.25, -0.2) is 0 Å². The summed E-state index contributed by atoms with van der Waals surface area (Å²) in [6, 6.07) is 10.5. The van der Waals surface area contributed by atoms with Crippen molar-refractivity contribution in [3.8, 4) is 0 Å². The van der Waals surface area contributed by atoms with Crippen LogP contribution in [-0.2, 0) is 16.1 Å². The molecule has 0 aliphatic rings. The lowest BCUT2D eigenvalue weighted by molar-refractivity contribution is -0.141. The first-order valence-corrected chi connectivity index (χ1v) is 9.18. The van der Waals surface area contributed by atoms with Crippen LogP contribution in [0.15, 0.2) is 41.4 Å². The number of esters is 1. The molecule has 1 heterocycles. The number of ether oxygens (including phenoxy) is 1. The third-order valence-corrected chi connectivity index (χ3v) is 5.58. The molecular weight excluding hydrogens is 395 g/mol. The number of nitrogens with zero attached hydrogens (tertiary/aromatic N) is 2. The van der Waals surface area contributed by atoms with Crippen LogP contribution in [0.4, 0.5) is 0 Å². The molecule has 0 saturated carbocycles. The minimum Gasteiger partial charge on any atom is -0.468 e. The molecule has 1 amide bonds. The largest absolute Gasteiger partial charge is 0.468 e. The van der Waals surface area contributed by atoms with Gasteiger partial charge in [-0.1, -0.05) is 52.2 Å². The number of benzene rings is 2. The standard InChI is InChI=1S/C18H14Cl2N2O3S/c1-10-3-5-11(6-4-10)17(24)21-18-22(9-14(23)25-2)16-13(26-18)8-7-12(19)15(16)20/h3-8H,9H2,1-2H3. The van der Waals surface area contributed by atoms with Crippen molar-refractivity contribution < 1.29 is 14.3 Å². The van der Waals surface area contributed by atoms with Crippen molar-refractivity contribution >= 4 is 56.6 Å². The molecule has 0 atom stereocenters. The van der Waals surface area contributed by atoms with E-state index in [1.54, 1.807) is 28.8 Å². The number of amides is 1. The Morgan fingerprint density at radius 2 is 1.85 bits per heavy atom. The Balaban J connectivity index is 2.19. The normalized spacial score (nSPS) is 11.8. The van der Waals surface area contributed by atoms with Crippen LogP contribution in [0.3, 0.4) is 0 Å². The minimum atomic E-state index is -0.482. The average Bonchev–Trinajstić information content (AvgIpc) is 2.96. The highest BCUT2D eigenvalue weighted by atomic mass is 35.5. The molecule has 0 radical (unpaired) electrons. The first-order valence-electron chi connectivity index (χ1n) is 7.60. The number of fused-ring (bicyclic) bond motifs is 1. The van der Waals surface area contributed by atoms with Gasteiger partial charge in [0.15, 0.2) is 4.80 Å². The first kappa shape index (κ1) is 18.6. The van der Waals surface area contributed by atoms with Crippen LogP contribution in [0.1, 0.15) is 15.9 Å². The van der Waals surface area contributed by atoms with E-state index in [0.29, 0.717) is 25.9 Å². The summed E-state index contributed by atoms with van der Waals surface area (Å²) in [6.07, 6.45) is 0. The average molecular weight is 409 g/mol. The van der Waals surface area contributed by atoms with Crippen LogP contribution in [0.25, 0.3) is 10.2 Å². The molecule has 0 fully saturated rings. The molecule has 8 heteroatoms. The SMILES string of the molecule is COC(=O)Cn1c(=NC(=O)c2ccc(C)cc2)sc2ccc(Cl)c(Cl)c21. The van der Waals surface area contributed by atoms with Crippen molar-refractivity contribution in [1.29, 1.82) is 0 Å². The Morgan fingerprint density at radius 1 is 1.15 bits per heavy atom. The number of rotatable bonds is 3. The van der Waals surface area contributed by atoms with Crippen LogP contribution in [0, 0.1) is 6.92 Å². The molecular formula is C18H14Cl2N2O3S. The second-order valence-corrected chi connectivity index (χ2v) is 7.33. The Hall–Kier alpha value is -2.15. The summed E-state index contributed by atoms with van der Waals surface area (Å²) in [7, 11) is 1.29. The number of carbonyl (C=O) groups is 2. The van der Waals surface area contributed by atoms with Crippen molar-refractivity contribution in [2.75, 3.05) is 7.11 Å². The number of hydrogen-bond donors (Lipinski definition) is 0. The molecule has 0 saturated heterocycles. The van der Waals surface area contributed by atoms with Gasteiger partial charge in [-0.3, -0.25) is 9.59 Å². The van der Waals surface area contributed by atoms with E-state index in [1.807, 2.05) is 19.1 Å². The maximum atomic E-state index is 12.5. The van der Waals surface area contributed by atoms with Gasteiger partial charge in [0.2, 0.25) is 0 Å². The van der Waals surface area contributed by atoms with Gasteiger partial charge < -0.3 is 9.30 Å². The predicted molar refractivity (Wildman–Crippen MR) is 103 cm³/mol. The van der Waals surface area contributed by atoms with Crippen LogP contribution in [0.2, 0.25) is 10.0 Å². The van der Waals surface area contributed by atoms with Gasteiger partial charge >= 0.3 is 5.97 Å². The number of aryl methyl sites for hydroxylation is 1. The van der Waals surface area contributed by atoms with E-state index in [-0.39, 0.29) is 6.54 Å². The molecule has 3 rings (SSSR count). The Morgan fingerprint density at radius 3 is 2.50 bits per heavy atom. The topological polar surface area (TPSA) is 60.7 Å². The van der Waals surface area contributed by atoms with Crippen LogP contribution in [-0.4, -0.2) is 23.6 Å². The van der Waals surface area contributed by atoms with Gasteiger partial charge in [0.05, 0.1) is 27.4 Å². The summed E-state index contributed by atoms with van der Waals surface area (Å²) < 4.78 is 7.05. The molecule has 134 valence electrons. The Bertz CT molecular complexity index is 1070. The van der Waals surface area contributed by atoms with Gasteiger partial charge in [-0.05, 0) is 31.2 Å². The number of carbonyl (C=O) groups excluding carboxylic acids is 2. The summed E-state index contributed by atoms with van der Waals surface area (Å²) in [5.41, 5.74) is 2.05. The maximum absolute atomic E-state index is 12.5. The number of halogens is 2. The number of methoxy groups -OCH3 is 1. The van der Waals surface area contributed by atoms with E-state index in [2.05, 4.69) is 4.99 Å². The zero-order valence-electron chi connectivity index (χ0n) is 14.0. The summed E-state index contributed by atoms with van der Waals surface area (Å²) in [6.45, 7) is 1.81. The molecule has 0 bridgehead atoms. The van der Waals surface area contributed by atoms with E-state index in [9.17, 15) is 9.59 Å². The predicted octanol–water partition coefficient (Wildman–Crippen LogP) is 4.23. The Labute approximate surface area is 163 Å². The molecule has 3 aromatic rings. The number of hydrogen-bond acceptors (Lipinski definition) is 4. The fraction of sp³-hybridized carbons (Fsp3) is 0.167. The summed E-state index contributed by atoms with van der Waals surface area (Å²) in [5, 5.41) is 0.653. The molecule has 26 heavy (non-hydrogen) atoms. The number of thiazole rings is 1. The maximum Gasteiger partial charge on any atom is 0.325 e. The van der Waals surface area contributed by atoms with Crippen LogP contribution >= 0.6 is 34.5 Å². The number of aromatic nitrogens is 1. The van der Waals surface area contributed by atoms with E-state index in [0.717, 1.165) is 10.3 Å². The molecule has 0 N–H and O–H groups in total. The lowest BCUT2D eigenvalue weighted by Gasteiger charge is -2.06. The zero-order valence-corrected chi connectivity index (χ0v) is 16.3. The smallest absolute Gasteiger partial charge is 0.325 e. The molecule has 2 aromatic carbocycles. The lowest BCUT2D eigenvalue weighted by atomic mass is 10.1. The minimum absolute atomic E-state index is 0.128. The van der Waals surface area contributed by atoms with Gasteiger partial charge in [0, 0.05) is 5.56 Å². The molecule has 0 unspecified atom stereocenters. The van der Waals surface area contributed by atoms with E-state index < -0.39 is 11.9 Å². The highest BCUT2D eigenvalue weighted by molar-refractivity contribution is 7.16. The molecule has 0 spiro atoms. The first-order chi connectivity index (χ1) is 12.4. The highest BCUT2D eigenvalue weighted by Gasteiger charge is 2.16. The molecule has 1 aromatic heterocycles. The molecule has 0 aliphatic heterocycles. The highest BCUT2D eigenvalue weighted by Crippen LogP contribution is 2.32. The fourth-order valence-electron chi connectivity index (χ4n) is 2.38. The van der Waals surface area contributed by atoms with E-state index in [4.69, 9.17) is 27.9 Å². The van der Waals surface area contributed by atoms with Gasteiger partial charge in [0.1, 0.15) is 6.54 Å². The zero-order chi connectivity index (χ0) is 18.8. The van der Waals surface area contributed by atoms with Crippen molar-refractivity contribution in [1.82, 2.24) is 4.57 Å². The van der Waals surface area contributed by atoms with Crippen LogP contribution in [0.5, 0.6) is 0 Å². The molecule has 5 nitrogen and oxygen atoms in total. The summed E-state index contributed by atoms with van der Waals surface area (Å²) >= 11 is 13.7. The van der Waals surface area contributed by atoms with Crippen LogP contribution < -0.4 is 4.80 Å². The monoisotopic (exact) mass is 408 g/mol. The third kappa shape index (κ3) is 3.67. The van der Waals surface area contributed by atoms with E-state index >= 15 is 0 Å². The summed E-state index contributed by atoms with van der Waals surface area (Å²) in [4.78, 5) is 28.9.